The van der Waals surface area contributed by atoms with E-state index in [0.717, 1.165) is 17.1 Å². The number of nitrogens with zero attached hydrogens (tertiary/aromatic N) is 1. The van der Waals surface area contributed by atoms with E-state index in [4.69, 9.17) is 9.47 Å². The summed E-state index contributed by atoms with van der Waals surface area (Å²) in [4.78, 5) is 27.5. The number of hydrogen-bond acceptors (Lipinski definition) is 4. The Kier molecular flexibility index (Phi) is 9.57. The van der Waals surface area contributed by atoms with Crippen molar-refractivity contribution in [2.24, 2.45) is 0 Å². The molecule has 6 heteroatoms. The molecule has 6 nitrogen and oxygen atoms in total. The number of hydrogen-bond donors (Lipinski definition) is 1. The van der Waals surface area contributed by atoms with Crippen molar-refractivity contribution in [1.29, 1.82) is 0 Å². The van der Waals surface area contributed by atoms with Crippen LogP contribution in [0.3, 0.4) is 0 Å². The van der Waals surface area contributed by atoms with Crippen LogP contribution in [-0.2, 0) is 16.0 Å². The molecule has 0 saturated heterocycles. The molecule has 0 aliphatic heterocycles. The highest BCUT2D eigenvalue weighted by molar-refractivity contribution is 5.87. The van der Waals surface area contributed by atoms with Crippen molar-refractivity contribution < 1.29 is 19.1 Å². The van der Waals surface area contributed by atoms with E-state index in [-0.39, 0.29) is 17.4 Å². The third kappa shape index (κ3) is 8.61. The summed E-state index contributed by atoms with van der Waals surface area (Å²) in [5.74, 6) is 1.31. The lowest BCUT2D eigenvalue weighted by molar-refractivity contribution is -0.140. The van der Waals surface area contributed by atoms with Gasteiger partial charge in [0, 0.05) is 18.5 Å². The van der Waals surface area contributed by atoms with Crippen LogP contribution in [0, 0.1) is 0 Å². The third-order valence-electron chi connectivity index (χ3n) is 5.01. The first-order chi connectivity index (χ1) is 15.2. The summed E-state index contributed by atoms with van der Waals surface area (Å²) < 4.78 is 10.9. The van der Waals surface area contributed by atoms with E-state index >= 15 is 0 Å². The van der Waals surface area contributed by atoms with Gasteiger partial charge in [0.15, 0.2) is 0 Å². The second-order valence-corrected chi connectivity index (χ2v) is 8.87. The molecular weight excluding hydrogens is 404 g/mol. The maximum atomic E-state index is 13.0. The molecule has 0 fully saturated rings. The standard InChI is InChI=1S/C26H36N2O4/c1-20(25(30)27-26(2,3)4)28(18-17-21-10-7-6-8-11-21)24(29)12-9-19-32-23-15-13-22(31-5)14-16-23/h6-8,10-11,13-16,20H,9,12,17-19H2,1-5H3,(H,27,30)/t20-/m0/s1. The fraction of sp³-hybridized carbons (Fsp3) is 0.462. The van der Waals surface area contributed by atoms with Crippen molar-refractivity contribution in [3.8, 4) is 11.5 Å². The molecule has 0 aliphatic carbocycles. The summed E-state index contributed by atoms with van der Waals surface area (Å²) in [6.45, 7) is 8.50. The van der Waals surface area contributed by atoms with Crippen molar-refractivity contribution in [1.82, 2.24) is 10.2 Å². The lowest BCUT2D eigenvalue weighted by Gasteiger charge is -2.31. The van der Waals surface area contributed by atoms with Gasteiger partial charge in [-0.1, -0.05) is 30.3 Å². The zero-order chi connectivity index (χ0) is 23.6. The van der Waals surface area contributed by atoms with Crippen LogP contribution < -0.4 is 14.8 Å². The first kappa shape index (κ1) is 25.2. The Labute approximate surface area is 191 Å². The quantitative estimate of drug-likeness (QED) is 0.531. The normalized spacial score (nSPS) is 12.0. The molecule has 0 spiro atoms. The van der Waals surface area contributed by atoms with Gasteiger partial charge < -0.3 is 19.7 Å². The molecule has 0 saturated carbocycles. The van der Waals surface area contributed by atoms with Crippen molar-refractivity contribution in [2.75, 3.05) is 20.3 Å². The average molecular weight is 441 g/mol. The molecule has 0 radical (unpaired) electrons. The molecule has 2 aromatic carbocycles. The number of carbonyl (C=O) groups is 2. The number of amides is 2. The smallest absolute Gasteiger partial charge is 0.242 e. The second-order valence-electron chi connectivity index (χ2n) is 8.87. The fourth-order valence-electron chi connectivity index (χ4n) is 3.27. The minimum atomic E-state index is -0.548. The molecule has 32 heavy (non-hydrogen) atoms. The summed E-state index contributed by atoms with van der Waals surface area (Å²) in [6.07, 6.45) is 1.58. The Morgan fingerprint density at radius 3 is 2.22 bits per heavy atom. The first-order valence-electron chi connectivity index (χ1n) is 11.1. The molecule has 2 aromatic rings. The Bertz CT molecular complexity index is 844. The van der Waals surface area contributed by atoms with Gasteiger partial charge in [-0.2, -0.15) is 0 Å². The second kappa shape index (κ2) is 12.1. The number of ether oxygens (including phenoxy) is 2. The Morgan fingerprint density at radius 1 is 1.00 bits per heavy atom. The molecule has 0 unspecified atom stereocenters. The third-order valence-corrected chi connectivity index (χ3v) is 5.01. The van der Waals surface area contributed by atoms with Gasteiger partial charge in [-0.3, -0.25) is 9.59 Å². The zero-order valence-electron chi connectivity index (χ0n) is 19.9. The monoisotopic (exact) mass is 440 g/mol. The number of benzene rings is 2. The van der Waals surface area contributed by atoms with Crippen molar-refractivity contribution >= 4 is 11.8 Å². The zero-order valence-corrected chi connectivity index (χ0v) is 19.9. The van der Waals surface area contributed by atoms with E-state index in [0.29, 0.717) is 32.4 Å². The minimum absolute atomic E-state index is 0.0455. The molecule has 0 aromatic heterocycles. The number of rotatable bonds is 11. The van der Waals surface area contributed by atoms with Crippen LogP contribution in [-0.4, -0.2) is 48.6 Å². The Hall–Kier alpha value is -3.02. The Morgan fingerprint density at radius 2 is 1.62 bits per heavy atom. The summed E-state index contributed by atoms with van der Waals surface area (Å²) in [7, 11) is 1.62. The lowest BCUT2D eigenvalue weighted by atomic mass is 10.1. The van der Waals surface area contributed by atoms with Crippen LogP contribution in [0.2, 0.25) is 0 Å². The number of methoxy groups -OCH3 is 1. The highest BCUT2D eigenvalue weighted by atomic mass is 16.5. The van der Waals surface area contributed by atoms with Crippen molar-refractivity contribution in [3.63, 3.8) is 0 Å². The average Bonchev–Trinajstić information content (AvgIpc) is 2.76. The van der Waals surface area contributed by atoms with Gasteiger partial charge in [0.25, 0.3) is 0 Å². The molecule has 0 heterocycles. The first-order valence-corrected chi connectivity index (χ1v) is 11.1. The lowest BCUT2D eigenvalue weighted by Crippen LogP contribution is -2.53. The van der Waals surface area contributed by atoms with E-state index in [2.05, 4.69) is 5.32 Å². The van der Waals surface area contributed by atoms with Gasteiger partial charge in [0.2, 0.25) is 11.8 Å². The molecule has 1 N–H and O–H groups in total. The van der Waals surface area contributed by atoms with Crippen LogP contribution >= 0.6 is 0 Å². The topological polar surface area (TPSA) is 67.9 Å². The van der Waals surface area contributed by atoms with Gasteiger partial charge in [-0.25, -0.2) is 0 Å². The summed E-state index contributed by atoms with van der Waals surface area (Å²) in [5.41, 5.74) is 0.780. The maximum Gasteiger partial charge on any atom is 0.242 e. The van der Waals surface area contributed by atoms with Crippen LogP contribution in [0.15, 0.2) is 54.6 Å². The minimum Gasteiger partial charge on any atom is -0.497 e. The van der Waals surface area contributed by atoms with Crippen LogP contribution in [0.25, 0.3) is 0 Å². The fourth-order valence-corrected chi connectivity index (χ4v) is 3.27. The SMILES string of the molecule is COc1ccc(OCCCC(=O)N(CCc2ccccc2)[C@@H](C)C(=O)NC(C)(C)C)cc1. The van der Waals surface area contributed by atoms with E-state index < -0.39 is 6.04 Å². The predicted octanol–water partition coefficient (Wildman–Crippen LogP) is 4.23. The summed E-state index contributed by atoms with van der Waals surface area (Å²) >= 11 is 0. The van der Waals surface area contributed by atoms with E-state index in [9.17, 15) is 9.59 Å². The summed E-state index contributed by atoms with van der Waals surface area (Å²) in [6, 6.07) is 16.8. The number of carbonyl (C=O) groups excluding carboxylic acids is 2. The molecule has 2 amide bonds. The van der Waals surface area contributed by atoms with Crippen LogP contribution in [0.5, 0.6) is 11.5 Å². The summed E-state index contributed by atoms with van der Waals surface area (Å²) in [5, 5.41) is 2.98. The van der Waals surface area contributed by atoms with Crippen molar-refractivity contribution in [3.05, 3.63) is 60.2 Å². The van der Waals surface area contributed by atoms with Gasteiger partial charge in [-0.05, 0) is 70.4 Å². The van der Waals surface area contributed by atoms with Gasteiger partial charge in [-0.15, -0.1) is 0 Å². The molecule has 1 atom stereocenters. The van der Waals surface area contributed by atoms with E-state index in [1.807, 2.05) is 75.4 Å². The van der Waals surface area contributed by atoms with Gasteiger partial charge in [0.1, 0.15) is 17.5 Å². The molecule has 174 valence electrons. The maximum absolute atomic E-state index is 13.0. The molecule has 2 rings (SSSR count). The predicted molar refractivity (Wildman–Crippen MR) is 127 cm³/mol. The van der Waals surface area contributed by atoms with E-state index in [1.165, 1.54) is 0 Å². The van der Waals surface area contributed by atoms with Crippen LogP contribution in [0.1, 0.15) is 46.1 Å². The number of nitrogens with one attached hydrogen (secondary N) is 1. The molecule has 0 aliphatic rings. The van der Waals surface area contributed by atoms with Crippen molar-refractivity contribution in [2.45, 2.75) is 58.5 Å². The molecule has 0 bridgehead atoms. The highest BCUT2D eigenvalue weighted by Crippen LogP contribution is 2.17. The van der Waals surface area contributed by atoms with Gasteiger partial charge in [0.05, 0.1) is 13.7 Å². The largest absolute Gasteiger partial charge is 0.497 e. The molecular formula is C26H36N2O4. The van der Waals surface area contributed by atoms with Gasteiger partial charge >= 0.3 is 0 Å². The Balaban J connectivity index is 1.94. The highest BCUT2D eigenvalue weighted by Gasteiger charge is 2.27. The van der Waals surface area contributed by atoms with E-state index in [1.54, 1.807) is 18.9 Å². The van der Waals surface area contributed by atoms with Crippen LogP contribution in [0.4, 0.5) is 0 Å².